The molecule has 0 bridgehead atoms. The van der Waals surface area contributed by atoms with Gasteiger partial charge in [0.1, 0.15) is 0 Å². The zero-order chi connectivity index (χ0) is 15.1. The molecule has 122 valence electrons. The average Bonchev–Trinajstić information content (AvgIpc) is 2.38. The molecule has 0 radical (unpaired) electrons. The van der Waals surface area contributed by atoms with Gasteiger partial charge >= 0.3 is 141 Å². The van der Waals surface area contributed by atoms with Gasteiger partial charge in [-0.2, -0.15) is 0 Å². The van der Waals surface area contributed by atoms with Crippen molar-refractivity contribution in [1.82, 2.24) is 0 Å². The van der Waals surface area contributed by atoms with Gasteiger partial charge in [0.25, 0.3) is 0 Å². The first-order valence-corrected chi connectivity index (χ1v) is 15.6. The molecule has 0 aromatic heterocycles. The first-order valence-electron chi connectivity index (χ1n) is 8.87. The minimum absolute atomic E-state index is 0.906. The Hall–Kier alpha value is 1.04. The standard InChI is InChI=1S/C18H38Se2/c1-17(2)13-9-5-7-11-15-19-20-16-12-8-6-10-14-18(3)4/h17-18H,5-16H2,1-4H3. The van der Waals surface area contributed by atoms with Crippen molar-refractivity contribution < 1.29 is 0 Å². The third-order valence-electron chi connectivity index (χ3n) is 3.60. The maximum absolute atomic E-state index is 2.34. The van der Waals surface area contributed by atoms with Crippen LogP contribution in [0.15, 0.2) is 0 Å². The Kier molecular flexibility index (Phi) is 17.3. The normalized spacial score (nSPS) is 11.7. The van der Waals surface area contributed by atoms with E-state index in [-0.39, 0.29) is 0 Å². The average molecular weight is 412 g/mol. The number of hydrogen-bond acceptors (Lipinski definition) is 0. The first kappa shape index (κ1) is 21.0. The third kappa shape index (κ3) is 19.0. The Morgan fingerprint density at radius 3 is 1.20 bits per heavy atom. The molecule has 0 atom stereocenters. The molecule has 20 heavy (non-hydrogen) atoms. The van der Waals surface area contributed by atoms with Crippen LogP contribution in [0, 0.1) is 11.8 Å². The van der Waals surface area contributed by atoms with Crippen molar-refractivity contribution in [2.45, 2.75) is 103 Å². The summed E-state index contributed by atoms with van der Waals surface area (Å²) in [5.74, 6) is 1.81. The fourth-order valence-corrected chi connectivity index (χ4v) is 9.24. The van der Waals surface area contributed by atoms with E-state index in [0.717, 1.165) is 38.1 Å². The molecule has 0 rings (SSSR count). The van der Waals surface area contributed by atoms with Crippen molar-refractivity contribution in [2.24, 2.45) is 11.8 Å². The molecule has 0 unspecified atom stereocenters. The Balaban J connectivity index is 2.96. The van der Waals surface area contributed by atoms with Gasteiger partial charge in [0.05, 0.1) is 0 Å². The molecular formula is C18H38Se2. The van der Waals surface area contributed by atoms with Crippen molar-refractivity contribution in [3.05, 3.63) is 0 Å². The van der Waals surface area contributed by atoms with E-state index < -0.39 is 0 Å². The molecule has 0 N–H and O–H groups in total. The Bertz CT molecular complexity index is 158. The molecule has 0 nitrogen and oxygen atoms in total. The first-order chi connectivity index (χ1) is 9.63. The van der Waals surface area contributed by atoms with Gasteiger partial charge < -0.3 is 0 Å². The van der Waals surface area contributed by atoms with E-state index in [1.807, 2.05) is 0 Å². The van der Waals surface area contributed by atoms with E-state index >= 15 is 0 Å². The molecule has 0 aromatic rings. The van der Waals surface area contributed by atoms with Crippen molar-refractivity contribution in [1.29, 1.82) is 0 Å². The van der Waals surface area contributed by atoms with Gasteiger partial charge in [-0.3, -0.25) is 0 Å². The van der Waals surface area contributed by atoms with Crippen molar-refractivity contribution in [3.8, 4) is 0 Å². The van der Waals surface area contributed by atoms with Crippen molar-refractivity contribution in [2.75, 3.05) is 0 Å². The van der Waals surface area contributed by atoms with E-state index in [2.05, 4.69) is 27.7 Å². The van der Waals surface area contributed by atoms with E-state index in [9.17, 15) is 0 Å². The summed E-state index contributed by atoms with van der Waals surface area (Å²) in [5.41, 5.74) is 0. The van der Waals surface area contributed by atoms with Gasteiger partial charge in [-0.15, -0.1) is 0 Å². The van der Waals surface area contributed by atoms with Crippen LogP contribution in [0.4, 0.5) is 0 Å². The number of unbranched alkanes of at least 4 members (excludes halogenated alkanes) is 6. The summed E-state index contributed by atoms with van der Waals surface area (Å²) in [7, 11) is 0. The predicted octanol–water partition coefficient (Wildman–Crippen LogP) is 6.36. The van der Waals surface area contributed by atoms with Gasteiger partial charge in [-0.25, -0.2) is 0 Å². The second-order valence-electron chi connectivity index (χ2n) is 6.84. The second kappa shape index (κ2) is 16.4. The topological polar surface area (TPSA) is 0 Å². The Morgan fingerprint density at radius 2 is 0.850 bits per heavy atom. The Morgan fingerprint density at radius 1 is 0.500 bits per heavy atom. The molecule has 0 fully saturated rings. The van der Waals surface area contributed by atoms with Gasteiger partial charge in [-0.1, -0.05) is 0 Å². The van der Waals surface area contributed by atoms with Crippen LogP contribution in [0.3, 0.4) is 0 Å². The van der Waals surface area contributed by atoms with Gasteiger partial charge in [-0.05, 0) is 0 Å². The molecular weight excluding hydrogens is 374 g/mol. The van der Waals surface area contributed by atoms with E-state index in [0.29, 0.717) is 0 Å². The molecule has 0 heterocycles. The molecule has 0 aromatic carbocycles. The van der Waals surface area contributed by atoms with Crippen molar-refractivity contribution in [3.63, 3.8) is 0 Å². The molecule has 2 heteroatoms. The quantitative estimate of drug-likeness (QED) is 0.217. The SMILES string of the molecule is CC(C)CCCCCC[Se][Se]CCCCCCC(C)C. The van der Waals surface area contributed by atoms with Crippen LogP contribution in [0.1, 0.15) is 91.9 Å². The van der Waals surface area contributed by atoms with Crippen LogP contribution in [0.25, 0.3) is 0 Å². The molecule has 0 amide bonds. The Labute approximate surface area is 140 Å². The monoisotopic (exact) mass is 414 g/mol. The third-order valence-corrected chi connectivity index (χ3v) is 11.3. The summed E-state index contributed by atoms with van der Waals surface area (Å²) in [6.07, 6.45) is 14.8. The fraction of sp³-hybridized carbons (Fsp3) is 1.00. The van der Waals surface area contributed by atoms with Gasteiger partial charge in [0, 0.05) is 0 Å². The summed E-state index contributed by atoms with van der Waals surface area (Å²) in [5, 5.41) is 3.14. The maximum atomic E-state index is 2.34. The van der Waals surface area contributed by atoms with E-state index in [1.54, 1.807) is 10.6 Å². The summed E-state index contributed by atoms with van der Waals surface area (Å²) in [6, 6.07) is 0. The van der Waals surface area contributed by atoms with E-state index in [4.69, 9.17) is 0 Å². The zero-order valence-corrected chi connectivity index (χ0v) is 17.9. The van der Waals surface area contributed by atoms with Crippen LogP contribution in [-0.4, -0.2) is 26.3 Å². The van der Waals surface area contributed by atoms with Crippen LogP contribution in [-0.2, 0) is 0 Å². The summed E-state index contributed by atoms with van der Waals surface area (Å²) in [4.78, 5) is 0. The van der Waals surface area contributed by atoms with Crippen molar-refractivity contribution >= 4 is 26.3 Å². The van der Waals surface area contributed by atoms with E-state index in [1.165, 1.54) is 64.2 Å². The number of hydrogen-bond donors (Lipinski definition) is 0. The van der Waals surface area contributed by atoms with Crippen LogP contribution in [0.2, 0.25) is 10.6 Å². The van der Waals surface area contributed by atoms with Gasteiger partial charge in [0.15, 0.2) is 0 Å². The second-order valence-corrected chi connectivity index (χ2v) is 14.7. The predicted molar refractivity (Wildman–Crippen MR) is 97.0 cm³/mol. The van der Waals surface area contributed by atoms with Crippen LogP contribution in [0.5, 0.6) is 0 Å². The van der Waals surface area contributed by atoms with Gasteiger partial charge in [0.2, 0.25) is 0 Å². The zero-order valence-electron chi connectivity index (χ0n) is 14.5. The molecule has 0 aliphatic heterocycles. The molecule has 0 spiro atoms. The van der Waals surface area contributed by atoms with Crippen LogP contribution >= 0.6 is 0 Å². The molecule has 0 saturated heterocycles. The molecule has 0 saturated carbocycles. The fourth-order valence-electron chi connectivity index (χ4n) is 2.25. The summed E-state index contributed by atoms with van der Waals surface area (Å²) in [6.45, 7) is 9.37. The number of rotatable bonds is 15. The summed E-state index contributed by atoms with van der Waals surface area (Å²) >= 11 is 2.03. The molecule has 0 aliphatic rings. The summed E-state index contributed by atoms with van der Waals surface area (Å²) < 4.78 is 0. The van der Waals surface area contributed by atoms with Crippen LogP contribution < -0.4 is 0 Å². The minimum atomic E-state index is 0.906. The molecule has 0 aliphatic carbocycles.